The van der Waals surface area contributed by atoms with Gasteiger partial charge in [0.15, 0.2) is 0 Å². The fourth-order valence-corrected chi connectivity index (χ4v) is 7.57. The maximum absolute atomic E-state index is 13.8. The Hall–Kier alpha value is -4.62. The van der Waals surface area contributed by atoms with Crippen molar-refractivity contribution in [2.24, 2.45) is 5.92 Å². The van der Waals surface area contributed by atoms with Gasteiger partial charge in [-0.1, -0.05) is 68.4 Å². The molecule has 0 aromatic heterocycles. The van der Waals surface area contributed by atoms with Gasteiger partial charge in [-0.05, 0) is 61.1 Å². The average molecular weight is 739 g/mol. The van der Waals surface area contributed by atoms with Crippen molar-refractivity contribution in [2.75, 3.05) is 27.3 Å². The predicted molar refractivity (Wildman–Crippen MR) is 194 cm³/mol. The summed E-state index contributed by atoms with van der Waals surface area (Å²) in [6.45, 7) is 3.95. The monoisotopic (exact) mass is 738 g/mol. The maximum Gasteiger partial charge on any atom is 0.407 e. The number of amides is 4. The van der Waals surface area contributed by atoms with E-state index < -0.39 is 55.2 Å². The van der Waals surface area contributed by atoms with Crippen molar-refractivity contribution in [3.8, 4) is 0 Å². The molecule has 0 spiro atoms. The fourth-order valence-electron chi connectivity index (χ4n) is 6.12. The lowest BCUT2D eigenvalue weighted by Gasteiger charge is -2.33. The lowest BCUT2D eigenvalue weighted by Crippen LogP contribution is -2.53. The summed E-state index contributed by atoms with van der Waals surface area (Å²) in [4.78, 5) is 66.0. The molecule has 2 unspecified atom stereocenters. The molecule has 0 bridgehead atoms. The number of nitrogens with zero attached hydrogens (tertiary/aromatic N) is 1. The highest BCUT2D eigenvalue weighted by molar-refractivity contribution is 7.54. The molecule has 4 rings (SSSR count). The summed E-state index contributed by atoms with van der Waals surface area (Å²) in [6.07, 6.45) is 0.436. The molecule has 0 saturated carbocycles. The van der Waals surface area contributed by atoms with E-state index in [0.717, 1.165) is 15.8 Å². The second-order valence-corrected chi connectivity index (χ2v) is 15.3. The second kappa shape index (κ2) is 18.7. The minimum atomic E-state index is -3.96. The zero-order valence-corrected chi connectivity index (χ0v) is 30.7. The average Bonchev–Trinajstić information content (AvgIpc) is 3.14. The predicted octanol–water partition coefficient (Wildman–Crippen LogP) is 5.31. The maximum atomic E-state index is 13.8. The molecule has 52 heavy (non-hydrogen) atoms. The van der Waals surface area contributed by atoms with Gasteiger partial charge in [-0.25, -0.2) is 9.59 Å². The van der Waals surface area contributed by atoms with Crippen molar-refractivity contribution in [1.29, 1.82) is 0 Å². The molecular formula is C37H47N4O10P. The molecule has 3 aromatic rings. The van der Waals surface area contributed by atoms with E-state index in [4.69, 9.17) is 13.8 Å². The van der Waals surface area contributed by atoms with Crippen LogP contribution in [0, 0.1) is 5.92 Å². The molecule has 15 heteroatoms. The lowest BCUT2D eigenvalue weighted by molar-refractivity contribution is -0.142. The van der Waals surface area contributed by atoms with Crippen molar-refractivity contribution in [3.05, 3.63) is 83.4 Å². The first kappa shape index (κ1) is 40.2. The highest BCUT2D eigenvalue weighted by Gasteiger charge is 2.40. The minimum Gasteiger partial charge on any atom is -0.480 e. The van der Waals surface area contributed by atoms with Crippen molar-refractivity contribution in [3.63, 3.8) is 0 Å². The number of carbonyl (C=O) groups is 5. The number of unbranched alkanes of at least 4 members (excludes halogenated alkanes) is 1. The Bertz CT molecular complexity index is 1730. The molecular weight excluding hydrogens is 691 g/mol. The van der Waals surface area contributed by atoms with Crippen molar-refractivity contribution in [1.82, 2.24) is 20.9 Å². The molecule has 280 valence electrons. The molecule has 4 amide bonds. The second-order valence-electron chi connectivity index (χ2n) is 12.9. The summed E-state index contributed by atoms with van der Waals surface area (Å²) < 4.78 is 29.6. The normalized spacial score (nSPS) is 14.6. The zero-order chi connectivity index (χ0) is 37.8. The third kappa shape index (κ3) is 10.3. The smallest absolute Gasteiger partial charge is 0.407 e. The quantitative estimate of drug-likeness (QED) is 0.0668. The number of aliphatic carboxylic acids is 1. The minimum absolute atomic E-state index is 0.0494. The summed E-state index contributed by atoms with van der Waals surface area (Å²) in [5.74, 6) is -4.08. The standard InChI is InChI=1S/C37H47N4O10P/c1-24(2)22-30(33(42)40-29(36(45)46)18-8-9-20-38-37(47)51-23-25-12-6-5-7-13-25)39-31(52(48,49-3)50-4)19-21-41-34(43)27-16-10-14-26-15-11-17-28(32(26)27)35(41)44/h5-7,10-17,24,29-31,39H,8-9,18-23H2,1-4H3,(H,38,47)(H,40,42)(H,45,46)/t29?,30?,31-/m0/s1. The van der Waals surface area contributed by atoms with Crippen LogP contribution in [0.1, 0.15) is 72.2 Å². The third-order valence-corrected chi connectivity index (χ3v) is 11.0. The molecule has 1 aliphatic rings. The Morgan fingerprint density at radius 1 is 0.846 bits per heavy atom. The van der Waals surface area contributed by atoms with E-state index in [0.29, 0.717) is 29.4 Å². The molecule has 0 radical (unpaired) electrons. The number of imide groups is 1. The summed E-state index contributed by atoms with van der Waals surface area (Å²) >= 11 is 0. The number of carbonyl (C=O) groups excluding carboxylic acids is 4. The molecule has 0 fully saturated rings. The number of hydrogen-bond donors (Lipinski definition) is 4. The van der Waals surface area contributed by atoms with Crippen LogP contribution in [0.4, 0.5) is 4.79 Å². The van der Waals surface area contributed by atoms with E-state index in [1.807, 2.05) is 56.3 Å². The zero-order valence-electron chi connectivity index (χ0n) is 29.8. The highest BCUT2D eigenvalue weighted by atomic mass is 31.2. The van der Waals surface area contributed by atoms with Crippen LogP contribution < -0.4 is 16.0 Å². The summed E-state index contributed by atoms with van der Waals surface area (Å²) in [7, 11) is -1.56. The van der Waals surface area contributed by atoms with Gasteiger partial charge in [-0.3, -0.25) is 29.2 Å². The van der Waals surface area contributed by atoms with Crippen LogP contribution in [0.15, 0.2) is 66.7 Å². The van der Waals surface area contributed by atoms with Gasteiger partial charge in [-0.15, -0.1) is 0 Å². The first-order valence-electron chi connectivity index (χ1n) is 17.2. The van der Waals surface area contributed by atoms with Gasteiger partial charge in [0.05, 0.1) is 6.04 Å². The Kier molecular flexibility index (Phi) is 14.5. The number of ether oxygens (including phenoxy) is 1. The van der Waals surface area contributed by atoms with Crippen LogP contribution in [-0.4, -0.2) is 85.0 Å². The number of carboxylic acid groups (broad SMARTS) is 1. The van der Waals surface area contributed by atoms with Crippen molar-refractivity contribution >= 4 is 48.2 Å². The summed E-state index contributed by atoms with van der Waals surface area (Å²) in [5, 5.41) is 19.5. The number of rotatable bonds is 20. The summed E-state index contributed by atoms with van der Waals surface area (Å²) in [6, 6.07) is 17.4. The number of carboxylic acids is 1. The first-order valence-corrected chi connectivity index (χ1v) is 18.8. The topological polar surface area (TPSA) is 190 Å². The van der Waals surface area contributed by atoms with Crippen LogP contribution in [0.2, 0.25) is 0 Å². The van der Waals surface area contributed by atoms with E-state index in [1.54, 1.807) is 24.3 Å². The van der Waals surface area contributed by atoms with Crippen molar-refractivity contribution < 1.29 is 47.4 Å². The number of benzene rings is 3. The van der Waals surface area contributed by atoms with Gasteiger partial charge in [0.2, 0.25) is 5.91 Å². The SMILES string of the molecule is COP(=O)(OC)[C@@H](CCN1C(=O)c2cccc3cccc(c23)C1=O)NC(CC(C)C)C(=O)NC(CCCCNC(=O)OCc1ccccc1)C(=O)O. The number of nitrogens with one attached hydrogen (secondary N) is 3. The molecule has 3 atom stereocenters. The largest absolute Gasteiger partial charge is 0.480 e. The van der Waals surface area contributed by atoms with Crippen LogP contribution >= 0.6 is 7.60 Å². The molecule has 1 aliphatic heterocycles. The Morgan fingerprint density at radius 2 is 1.48 bits per heavy atom. The van der Waals surface area contributed by atoms with E-state index in [2.05, 4.69) is 16.0 Å². The lowest BCUT2D eigenvalue weighted by atomic mass is 9.94. The Morgan fingerprint density at radius 3 is 2.06 bits per heavy atom. The first-order chi connectivity index (χ1) is 24.9. The van der Waals surface area contributed by atoms with E-state index >= 15 is 0 Å². The van der Waals surface area contributed by atoms with Gasteiger partial charge in [0.25, 0.3) is 11.8 Å². The molecule has 1 heterocycles. The van der Waals surface area contributed by atoms with Gasteiger partial charge < -0.3 is 29.5 Å². The van der Waals surface area contributed by atoms with E-state index in [1.165, 1.54) is 14.2 Å². The van der Waals surface area contributed by atoms with Crippen molar-refractivity contribution in [2.45, 2.75) is 70.4 Å². The molecule has 4 N–H and O–H groups in total. The number of alkyl carbamates (subject to hydrolysis) is 1. The Balaban J connectivity index is 1.38. The van der Waals surface area contributed by atoms with Crippen LogP contribution in [0.5, 0.6) is 0 Å². The molecule has 0 saturated heterocycles. The highest BCUT2D eigenvalue weighted by Crippen LogP contribution is 2.52. The van der Waals surface area contributed by atoms with Crippen LogP contribution in [-0.2, 0) is 34.5 Å². The van der Waals surface area contributed by atoms with Gasteiger partial charge in [0.1, 0.15) is 18.4 Å². The molecule has 3 aromatic carbocycles. The van der Waals surface area contributed by atoms with Crippen LogP contribution in [0.25, 0.3) is 10.8 Å². The molecule has 14 nitrogen and oxygen atoms in total. The van der Waals surface area contributed by atoms with E-state index in [-0.39, 0.29) is 44.9 Å². The van der Waals surface area contributed by atoms with Gasteiger partial charge in [-0.2, -0.15) is 0 Å². The van der Waals surface area contributed by atoms with Gasteiger partial charge >= 0.3 is 19.7 Å². The fraction of sp³-hybridized carbons (Fsp3) is 0.432. The number of hydrogen-bond acceptors (Lipinski definition) is 10. The van der Waals surface area contributed by atoms with Crippen LogP contribution in [0.3, 0.4) is 0 Å². The third-order valence-electron chi connectivity index (χ3n) is 8.81. The Labute approximate surface area is 303 Å². The summed E-state index contributed by atoms with van der Waals surface area (Å²) in [5.41, 5.74) is 1.58. The van der Waals surface area contributed by atoms with Gasteiger partial charge in [0, 0.05) is 43.8 Å². The molecule has 0 aliphatic carbocycles. The van der Waals surface area contributed by atoms with E-state index in [9.17, 15) is 33.6 Å².